The van der Waals surface area contributed by atoms with Gasteiger partial charge < -0.3 is 109 Å². The Balaban J connectivity index is 1.41. The maximum absolute atomic E-state index is 11.3. The molecule has 4 fully saturated rings. The summed E-state index contributed by atoms with van der Waals surface area (Å²) in [5, 5.41) is 144. The van der Waals surface area contributed by atoms with Crippen LogP contribution in [0.4, 0.5) is 0 Å². The van der Waals surface area contributed by atoms with Crippen molar-refractivity contribution in [2.45, 2.75) is 194 Å². The molecule has 14 N–H and O–H groups in total. The van der Waals surface area contributed by atoms with Gasteiger partial charge in [0.25, 0.3) is 0 Å². The number of hydrogen-bond acceptors (Lipinski definition) is 22. The molecule has 4 aliphatic rings. The molecule has 0 aromatic rings. The van der Waals surface area contributed by atoms with Crippen LogP contribution in [0.25, 0.3) is 0 Å². The van der Waals surface area contributed by atoms with E-state index in [-0.39, 0.29) is 6.10 Å². The first-order chi connectivity index (χ1) is 27.0. The van der Waals surface area contributed by atoms with Crippen LogP contribution in [0, 0.1) is 0 Å². The summed E-state index contributed by atoms with van der Waals surface area (Å²) >= 11 is 0. The van der Waals surface area contributed by atoms with Gasteiger partial charge in [-0.1, -0.05) is 32.1 Å². The van der Waals surface area contributed by atoms with Crippen molar-refractivity contribution in [3.8, 4) is 0 Å². The zero-order chi connectivity index (χ0) is 42.1. The fraction of sp³-hybridized carbons (Fsp3) is 1.00. The summed E-state index contributed by atoms with van der Waals surface area (Å²) in [7, 11) is 0. The Kier molecular flexibility index (Phi) is 19.5. The molecule has 0 aromatic carbocycles. The average Bonchev–Trinajstić information content (AvgIpc) is 3.18. The molecule has 4 rings (SSSR count). The zero-order valence-corrected chi connectivity index (χ0v) is 32.0. The summed E-state index contributed by atoms with van der Waals surface area (Å²) in [6.07, 6.45) is -28.6. The molecule has 336 valence electrons. The first-order valence-electron chi connectivity index (χ1n) is 19.5. The quantitative estimate of drug-likeness (QED) is 0.0507. The molecule has 57 heavy (non-hydrogen) atoms. The minimum Gasteiger partial charge on any atom is -0.394 e. The van der Waals surface area contributed by atoms with Crippen molar-refractivity contribution >= 4 is 0 Å². The SMILES string of the molecule is CC(O)CCCCCCCC(C)O[C@@H]1O[C@H](CO[C@@H]2O[C@H](CO[C@@H]3O[C@H](CO)[C@@H](O)[C@H](O)[C@H]3O)[C@@H](O)[C@H](O)[C@H]2O)[C@@H](O)[C@H](O)[C@H]1O[C@@H]1O[C@H](CO)[C@@H](O)[C@H](O)[C@H]1O. The van der Waals surface area contributed by atoms with Gasteiger partial charge in [-0.05, 0) is 26.7 Å². The summed E-state index contributed by atoms with van der Waals surface area (Å²) in [6.45, 7) is 0.735. The lowest BCUT2D eigenvalue weighted by atomic mass is 9.97. The van der Waals surface area contributed by atoms with Crippen molar-refractivity contribution < 1.29 is 109 Å². The fourth-order valence-electron chi connectivity index (χ4n) is 7.11. The topological polar surface area (TPSA) is 357 Å². The second-order valence-corrected chi connectivity index (χ2v) is 15.3. The van der Waals surface area contributed by atoms with Gasteiger partial charge in [0.2, 0.25) is 0 Å². The molecule has 22 atom stereocenters. The second-order valence-electron chi connectivity index (χ2n) is 15.3. The van der Waals surface area contributed by atoms with E-state index in [1.54, 1.807) is 13.8 Å². The van der Waals surface area contributed by atoms with E-state index in [2.05, 4.69) is 0 Å². The van der Waals surface area contributed by atoms with Crippen LogP contribution in [0.1, 0.15) is 58.8 Å². The van der Waals surface area contributed by atoms with E-state index in [4.69, 9.17) is 37.9 Å². The normalized spacial score (nSPS) is 45.5. The van der Waals surface area contributed by atoms with Crippen LogP contribution in [-0.4, -0.2) is 233 Å². The summed E-state index contributed by atoms with van der Waals surface area (Å²) in [5.41, 5.74) is 0. The van der Waals surface area contributed by atoms with Gasteiger partial charge in [-0.3, -0.25) is 0 Å². The van der Waals surface area contributed by atoms with Crippen LogP contribution in [0.2, 0.25) is 0 Å². The Morgan fingerprint density at radius 1 is 0.439 bits per heavy atom. The van der Waals surface area contributed by atoms with Gasteiger partial charge >= 0.3 is 0 Å². The van der Waals surface area contributed by atoms with E-state index in [0.717, 1.165) is 32.1 Å². The number of unbranched alkanes of at least 4 members (excludes halogenated alkanes) is 4. The summed E-state index contributed by atoms with van der Waals surface area (Å²) in [6, 6.07) is 0. The van der Waals surface area contributed by atoms with Crippen LogP contribution in [0.5, 0.6) is 0 Å². The van der Waals surface area contributed by atoms with Crippen LogP contribution in [0.3, 0.4) is 0 Å². The largest absolute Gasteiger partial charge is 0.394 e. The highest BCUT2D eigenvalue weighted by molar-refractivity contribution is 4.95. The summed E-state index contributed by atoms with van der Waals surface area (Å²) < 4.78 is 45.4. The molecular formula is C35H64O22. The predicted molar refractivity (Wildman–Crippen MR) is 186 cm³/mol. The second kappa shape index (κ2) is 22.8. The highest BCUT2D eigenvalue weighted by Crippen LogP contribution is 2.32. The lowest BCUT2D eigenvalue weighted by Crippen LogP contribution is -2.65. The Morgan fingerprint density at radius 2 is 0.825 bits per heavy atom. The number of hydrogen-bond donors (Lipinski definition) is 14. The molecule has 22 nitrogen and oxygen atoms in total. The van der Waals surface area contributed by atoms with Crippen LogP contribution in [0.15, 0.2) is 0 Å². The molecule has 22 heteroatoms. The van der Waals surface area contributed by atoms with E-state index in [1.165, 1.54) is 0 Å². The van der Waals surface area contributed by atoms with Crippen LogP contribution in [-0.2, 0) is 37.9 Å². The van der Waals surface area contributed by atoms with E-state index >= 15 is 0 Å². The average molecular weight is 837 g/mol. The van der Waals surface area contributed by atoms with Crippen LogP contribution >= 0.6 is 0 Å². The monoisotopic (exact) mass is 836 g/mol. The van der Waals surface area contributed by atoms with Crippen molar-refractivity contribution in [1.82, 2.24) is 0 Å². The molecule has 0 amide bonds. The van der Waals surface area contributed by atoms with Crippen molar-refractivity contribution in [3.05, 3.63) is 0 Å². The lowest BCUT2D eigenvalue weighted by Gasteiger charge is -2.47. The zero-order valence-electron chi connectivity index (χ0n) is 32.0. The molecule has 4 saturated heterocycles. The van der Waals surface area contributed by atoms with Gasteiger partial charge in [-0.15, -0.1) is 0 Å². The highest BCUT2D eigenvalue weighted by Gasteiger charge is 2.53. The molecule has 2 unspecified atom stereocenters. The third kappa shape index (κ3) is 12.6. The third-order valence-corrected chi connectivity index (χ3v) is 10.7. The summed E-state index contributed by atoms with van der Waals surface area (Å²) in [4.78, 5) is 0. The Labute approximate surface area is 329 Å². The van der Waals surface area contributed by atoms with E-state index < -0.39 is 155 Å². The molecule has 0 bridgehead atoms. The molecule has 4 heterocycles. The Morgan fingerprint density at radius 3 is 1.32 bits per heavy atom. The smallest absolute Gasteiger partial charge is 0.187 e. The van der Waals surface area contributed by atoms with Gasteiger partial charge in [0, 0.05) is 0 Å². The van der Waals surface area contributed by atoms with E-state index in [0.29, 0.717) is 12.8 Å². The maximum atomic E-state index is 11.3. The molecule has 0 spiro atoms. The number of aliphatic hydroxyl groups is 14. The minimum atomic E-state index is -1.87. The number of rotatable bonds is 20. The minimum absolute atomic E-state index is 0.362. The van der Waals surface area contributed by atoms with Gasteiger partial charge in [-0.25, -0.2) is 0 Å². The molecule has 0 radical (unpaired) electrons. The highest BCUT2D eigenvalue weighted by atomic mass is 16.8. The van der Waals surface area contributed by atoms with E-state index in [9.17, 15) is 71.5 Å². The van der Waals surface area contributed by atoms with Crippen LogP contribution < -0.4 is 0 Å². The van der Waals surface area contributed by atoms with Crippen molar-refractivity contribution in [2.24, 2.45) is 0 Å². The van der Waals surface area contributed by atoms with E-state index in [1.807, 2.05) is 0 Å². The molecule has 0 saturated carbocycles. The molecule has 4 aliphatic heterocycles. The summed E-state index contributed by atoms with van der Waals surface area (Å²) in [5.74, 6) is 0. The van der Waals surface area contributed by atoms with Gasteiger partial charge in [-0.2, -0.15) is 0 Å². The standard InChI is InChI=1S/C35H64O22/c1-14(38)8-6-4-3-5-7-9-15(2)52-35-31(57-34-30(49)25(44)21(40)17(11-37)54-34)27(46)23(42)19(56-35)13-51-33-29(48)26(45)22(41)18(55-33)12-50-32-28(47)24(43)20(39)16(10-36)53-32/h14-49H,3-13H2,1-2H3/t14?,15?,16-,17-,18-,19-,20-,21-,22-,23-,24+,25+,26+,27+,28-,29-,30-,31-,32-,33-,34+,35-/m1/s1. The van der Waals surface area contributed by atoms with Crippen molar-refractivity contribution in [3.63, 3.8) is 0 Å². The number of ether oxygens (including phenoxy) is 8. The predicted octanol–water partition coefficient (Wildman–Crippen LogP) is -6.22. The lowest BCUT2D eigenvalue weighted by molar-refractivity contribution is -0.376. The molecule has 0 aromatic heterocycles. The van der Waals surface area contributed by atoms with Crippen molar-refractivity contribution in [2.75, 3.05) is 26.4 Å². The first-order valence-corrected chi connectivity index (χ1v) is 19.5. The maximum Gasteiger partial charge on any atom is 0.187 e. The van der Waals surface area contributed by atoms with Gasteiger partial charge in [0.05, 0.1) is 38.6 Å². The Hall–Kier alpha value is -0.880. The molecular weight excluding hydrogens is 772 g/mol. The fourth-order valence-corrected chi connectivity index (χ4v) is 7.11. The third-order valence-electron chi connectivity index (χ3n) is 10.7. The first kappa shape index (κ1) is 48.8. The van der Waals surface area contributed by atoms with Gasteiger partial charge in [0.15, 0.2) is 25.2 Å². The van der Waals surface area contributed by atoms with Crippen molar-refractivity contribution in [1.29, 1.82) is 0 Å². The number of aliphatic hydroxyl groups excluding tert-OH is 14. The molecule has 0 aliphatic carbocycles. The Bertz CT molecular complexity index is 1140. The van der Waals surface area contributed by atoms with Gasteiger partial charge in [0.1, 0.15) is 97.7 Å².